The van der Waals surface area contributed by atoms with E-state index in [4.69, 9.17) is 15.2 Å². The van der Waals surface area contributed by atoms with Crippen molar-refractivity contribution in [2.75, 3.05) is 34.7 Å². The molecule has 4 aromatic carbocycles. The maximum absolute atomic E-state index is 12.3. The Morgan fingerprint density at radius 2 is 0.927 bits per heavy atom. The van der Waals surface area contributed by atoms with Gasteiger partial charge in [-0.1, -0.05) is 0 Å². The van der Waals surface area contributed by atoms with Crippen LogP contribution in [0, 0.1) is 0 Å². The van der Waals surface area contributed by atoms with Gasteiger partial charge in [0.25, 0.3) is 20.0 Å². The molecule has 216 valence electrons. The zero-order valence-corrected chi connectivity index (χ0v) is 24.1. The lowest BCUT2D eigenvalue weighted by Gasteiger charge is -2.09. The van der Waals surface area contributed by atoms with Crippen molar-refractivity contribution in [2.24, 2.45) is 0 Å². The third kappa shape index (κ3) is 9.15. The fraction of sp³-hybridized carbons (Fsp3) is 0.107. The molecule has 5 N–H and O–H groups in total. The minimum absolute atomic E-state index is 0.109. The Bertz CT molecular complexity index is 1660. The van der Waals surface area contributed by atoms with Crippen LogP contribution in [0.3, 0.4) is 0 Å². The van der Waals surface area contributed by atoms with Gasteiger partial charge in [-0.15, -0.1) is 0 Å². The second-order valence-electron chi connectivity index (χ2n) is 8.44. The monoisotopic (exact) mass is 598 g/mol. The Kier molecular flexibility index (Phi) is 10.2. The van der Waals surface area contributed by atoms with Gasteiger partial charge in [0.15, 0.2) is 0 Å². The molecule has 0 bridgehead atoms. The summed E-state index contributed by atoms with van der Waals surface area (Å²) >= 11 is 0. The standard InChI is InChI=1S/C15H16N2O4S.C13H14N2O3S/c1-11(18)16-12-5-9-15(10-6-12)22(19,20)17-13-3-7-14(21-2)8-4-13;1-18-12-6-4-11(5-7-12)15-19(16,17)13-8-2-10(14)3-9-13/h3-10,17H,1-2H3,(H,16,18);2-9,15H,14H2,1H3. The molecule has 0 aliphatic rings. The fourth-order valence-electron chi connectivity index (χ4n) is 3.31. The van der Waals surface area contributed by atoms with Gasteiger partial charge in [-0.3, -0.25) is 14.2 Å². The molecule has 0 saturated carbocycles. The summed E-state index contributed by atoms with van der Waals surface area (Å²) in [6, 6.07) is 25.1. The molecular formula is C28H30N4O7S2. The highest BCUT2D eigenvalue weighted by atomic mass is 32.2. The molecule has 0 spiro atoms. The maximum Gasteiger partial charge on any atom is 0.261 e. The summed E-state index contributed by atoms with van der Waals surface area (Å²) in [5.41, 5.74) is 7.49. The Morgan fingerprint density at radius 1 is 0.585 bits per heavy atom. The lowest BCUT2D eigenvalue weighted by molar-refractivity contribution is -0.114. The summed E-state index contributed by atoms with van der Waals surface area (Å²) in [5, 5.41) is 2.58. The Morgan fingerprint density at radius 3 is 1.27 bits per heavy atom. The average molecular weight is 599 g/mol. The number of methoxy groups -OCH3 is 2. The summed E-state index contributed by atoms with van der Waals surface area (Å²) < 4.78 is 63.7. The predicted molar refractivity (Wildman–Crippen MR) is 159 cm³/mol. The largest absolute Gasteiger partial charge is 0.497 e. The summed E-state index contributed by atoms with van der Waals surface area (Å²) in [6.07, 6.45) is 0. The molecule has 0 radical (unpaired) electrons. The highest BCUT2D eigenvalue weighted by Gasteiger charge is 2.15. The molecule has 0 aliphatic heterocycles. The number of benzene rings is 4. The van der Waals surface area contributed by atoms with Gasteiger partial charge in [0.2, 0.25) is 5.91 Å². The second kappa shape index (κ2) is 13.5. The first-order chi connectivity index (χ1) is 19.4. The molecule has 0 atom stereocenters. The molecule has 11 nitrogen and oxygen atoms in total. The lowest BCUT2D eigenvalue weighted by atomic mass is 10.3. The number of hydrogen-bond acceptors (Lipinski definition) is 8. The molecule has 0 aromatic heterocycles. The van der Waals surface area contributed by atoms with Gasteiger partial charge < -0.3 is 20.5 Å². The number of sulfonamides is 2. The maximum atomic E-state index is 12.3. The Hall–Kier alpha value is -4.75. The van der Waals surface area contributed by atoms with Crippen molar-refractivity contribution in [3.63, 3.8) is 0 Å². The van der Waals surface area contributed by atoms with E-state index >= 15 is 0 Å². The molecule has 13 heteroatoms. The number of nitrogens with two attached hydrogens (primary N) is 1. The predicted octanol–water partition coefficient (Wildman–Crippen LogP) is 4.53. The van der Waals surface area contributed by atoms with Crippen molar-refractivity contribution in [1.82, 2.24) is 0 Å². The number of carbonyl (C=O) groups excluding carboxylic acids is 1. The normalized spacial score (nSPS) is 10.9. The lowest BCUT2D eigenvalue weighted by Crippen LogP contribution is -2.13. The molecular weight excluding hydrogens is 568 g/mol. The third-order valence-electron chi connectivity index (χ3n) is 5.36. The van der Waals surface area contributed by atoms with E-state index in [1.54, 1.807) is 67.8 Å². The fourth-order valence-corrected chi connectivity index (χ4v) is 5.43. The number of nitrogens with one attached hydrogen (secondary N) is 3. The molecule has 4 aromatic rings. The van der Waals surface area contributed by atoms with Crippen LogP contribution in [0.2, 0.25) is 0 Å². The summed E-state index contributed by atoms with van der Waals surface area (Å²) in [5.74, 6) is 1.09. The van der Waals surface area contributed by atoms with Gasteiger partial charge in [0.05, 0.1) is 24.0 Å². The van der Waals surface area contributed by atoms with Crippen molar-refractivity contribution < 1.29 is 31.1 Å². The number of hydrogen-bond donors (Lipinski definition) is 4. The number of carbonyl (C=O) groups is 1. The number of ether oxygens (including phenoxy) is 2. The van der Waals surface area contributed by atoms with E-state index in [1.807, 2.05) is 0 Å². The number of nitrogen functional groups attached to an aromatic ring is 1. The van der Waals surface area contributed by atoms with E-state index in [1.165, 1.54) is 50.4 Å². The molecule has 0 unspecified atom stereocenters. The summed E-state index contributed by atoms with van der Waals surface area (Å²) in [4.78, 5) is 11.2. The van der Waals surface area contributed by atoms with Gasteiger partial charge in [-0.25, -0.2) is 16.8 Å². The topological polar surface area (TPSA) is 166 Å². The zero-order chi connectivity index (χ0) is 30.0. The minimum atomic E-state index is -3.68. The highest BCUT2D eigenvalue weighted by molar-refractivity contribution is 7.93. The molecule has 0 heterocycles. The van der Waals surface area contributed by atoms with Gasteiger partial charge in [-0.05, 0) is 97.1 Å². The van der Waals surface area contributed by atoms with Gasteiger partial charge >= 0.3 is 0 Å². The van der Waals surface area contributed by atoms with E-state index in [-0.39, 0.29) is 15.7 Å². The van der Waals surface area contributed by atoms with Gasteiger partial charge in [-0.2, -0.15) is 0 Å². The van der Waals surface area contributed by atoms with Crippen LogP contribution in [0.25, 0.3) is 0 Å². The first-order valence-electron chi connectivity index (χ1n) is 12.0. The third-order valence-corrected chi connectivity index (χ3v) is 8.15. The van der Waals surface area contributed by atoms with E-state index in [0.29, 0.717) is 34.2 Å². The van der Waals surface area contributed by atoms with Gasteiger partial charge in [0, 0.05) is 29.7 Å². The van der Waals surface area contributed by atoms with E-state index in [9.17, 15) is 21.6 Å². The minimum Gasteiger partial charge on any atom is -0.497 e. The van der Waals surface area contributed by atoms with Crippen LogP contribution >= 0.6 is 0 Å². The quantitative estimate of drug-likeness (QED) is 0.204. The van der Waals surface area contributed by atoms with Crippen LogP contribution in [-0.4, -0.2) is 37.0 Å². The highest BCUT2D eigenvalue weighted by Crippen LogP contribution is 2.21. The van der Waals surface area contributed by atoms with Crippen LogP contribution in [0.5, 0.6) is 11.5 Å². The Labute approximate surface area is 239 Å². The summed E-state index contributed by atoms with van der Waals surface area (Å²) in [7, 11) is -4.19. The van der Waals surface area contributed by atoms with Crippen LogP contribution in [-0.2, 0) is 24.8 Å². The average Bonchev–Trinajstić information content (AvgIpc) is 2.94. The number of rotatable bonds is 9. The first kappa shape index (κ1) is 30.8. The zero-order valence-electron chi connectivity index (χ0n) is 22.5. The van der Waals surface area contributed by atoms with Crippen LogP contribution < -0.4 is 30.0 Å². The Balaban J connectivity index is 0.000000228. The van der Waals surface area contributed by atoms with Crippen LogP contribution in [0.1, 0.15) is 6.92 Å². The molecule has 0 saturated heterocycles. The number of amides is 1. The molecule has 0 aliphatic carbocycles. The van der Waals surface area contributed by atoms with E-state index in [0.717, 1.165) is 0 Å². The molecule has 0 fully saturated rings. The van der Waals surface area contributed by atoms with E-state index in [2.05, 4.69) is 14.8 Å². The first-order valence-corrected chi connectivity index (χ1v) is 15.0. The smallest absolute Gasteiger partial charge is 0.261 e. The van der Waals surface area contributed by atoms with Crippen molar-refractivity contribution in [1.29, 1.82) is 0 Å². The van der Waals surface area contributed by atoms with Crippen LogP contribution in [0.15, 0.2) is 107 Å². The van der Waals surface area contributed by atoms with E-state index < -0.39 is 20.0 Å². The van der Waals surface area contributed by atoms with Crippen molar-refractivity contribution in [3.05, 3.63) is 97.1 Å². The molecule has 1 amide bonds. The van der Waals surface area contributed by atoms with Crippen LogP contribution in [0.4, 0.5) is 22.7 Å². The van der Waals surface area contributed by atoms with Crippen molar-refractivity contribution >= 4 is 48.7 Å². The summed E-state index contributed by atoms with van der Waals surface area (Å²) in [6.45, 7) is 1.38. The second-order valence-corrected chi connectivity index (χ2v) is 11.8. The molecule has 4 rings (SSSR count). The van der Waals surface area contributed by atoms with Crippen molar-refractivity contribution in [2.45, 2.75) is 16.7 Å². The SMILES string of the molecule is COc1ccc(NS(=O)(=O)c2ccc(N)cc2)cc1.COc1ccc(NS(=O)(=O)c2ccc(NC(C)=O)cc2)cc1. The number of anilines is 4. The molecule has 41 heavy (non-hydrogen) atoms. The van der Waals surface area contributed by atoms with Crippen molar-refractivity contribution in [3.8, 4) is 11.5 Å². The van der Waals surface area contributed by atoms with Gasteiger partial charge in [0.1, 0.15) is 11.5 Å².